The van der Waals surface area contributed by atoms with Crippen molar-refractivity contribution in [2.45, 2.75) is 31.3 Å². The molecule has 2 rings (SSSR count). The second kappa shape index (κ2) is 6.43. The third-order valence-corrected chi connectivity index (χ3v) is 4.87. The molecule has 114 valence electrons. The van der Waals surface area contributed by atoms with E-state index in [1.807, 2.05) is 13.0 Å². The highest BCUT2D eigenvalue weighted by Gasteiger charge is 2.17. The third-order valence-electron chi connectivity index (χ3n) is 3.27. The first-order valence-electron chi connectivity index (χ1n) is 6.67. The van der Waals surface area contributed by atoms with Gasteiger partial charge in [0.2, 0.25) is 10.0 Å². The van der Waals surface area contributed by atoms with Gasteiger partial charge >= 0.3 is 0 Å². The van der Waals surface area contributed by atoms with Crippen LogP contribution >= 0.6 is 0 Å². The molecule has 0 bridgehead atoms. The Bertz CT molecular complexity index is 692. The number of aliphatic hydroxyl groups excluding tert-OH is 1. The van der Waals surface area contributed by atoms with Gasteiger partial charge in [0.05, 0.1) is 23.5 Å². The lowest BCUT2D eigenvalue weighted by molar-refractivity contribution is 0.168. The molecule has 1 unspecified atom stereocenters. The van der Waals surface area contributed by atoms with Gasteiger partial charge < -0.3 is 9.52 Å². The van der Waals surface area contributed by atoms with Gasteiger partial charge in [0.1, 0.15) is 0 Å². The van der Waals surface area contributed by atoms with Crippen molar-refractivity contribution in [1.29, 1.82) is 0 Å². The summed E-state index contributed by atoms with van der Waals surface area (Å²) in [4.78, 5) is 0.278. The largest absolute Gasteiger partial charge is 0.472 e. The SMILES string of the molecule is Cc1ccc(C)c(S(=O)(=O)NCCC(O)c2ccoc2)c1. The number of nitrogens with one attached hydrogen (secondary N) is 1. The molecule has 2 N–H and O–H groups in total. The van der Waals surface area contributed by atoms with Crippen LogP contribution in [0.1, 0.15) is 29.2 Å². The molecule has 0 aliphatic carbocycles. The minimum Gasteiger partial charge on any atom is -0.472 e. The van der Waals surface area contributed by atoms with Crippen molar-refractivity contribution in [1.82, 2.24) is 4.72 Å². The van der Waals surface area contributed by atoms with Crippen molar-refractivity contribution in [2.24, 2.45) is 0 Å². The lowest BCUT2D eigenvalue weighted by Gasteiger charge is -2.12. The molecule has 21 heavy (non-hydrogen) atoms. The Morgan fingerprint density at radius 3 is 2.71 bits per heavy atom. The number of aliphatic hydroxyl groups is 1. The fourth-order valence-electron chi connectivity index (χ4n) is 2.04. The summed E-state index contributed by atoms with van der Waals surface area (Å²) in [6.45, 7) is 3.76. The first-order chi connectivity index (χ1) is 9.90. The summed E-state index contributed by atoms with van der Waals surface area (Å²) in [6, 6.07) is 6.95. The normalized spacial score (nSPS) is 13.3. The van der Waals surface area contributed by atoms with Gasteiger partial charge in [-0.1, -0.05) is 12.1 Å². The number of rotatable bonds is 6. The lowest BCUT2D eigenvalue weighted by Crippen LogP contribution is -2.26. The molecular weight excluding hydrogens is 290 g/mol. The summed E-state index contributed by atoms with van der Waals surface area (Å²) >= 11 is 0. The summed E-state index contributed by atoms with van der Waals surface area (Å²) in [5, 5.41) is 9.88. The van der Waals surface area contributed by atoms with E-state index in [0.717, 1.165) is 5.56 Å². The third kappa shape index (κ3) is 3.93. The number of hydrogen-bond acceptors (Lipinski definition) is 4. The van der Waals surface area contributed by atoms with E-state index in [1.54, 1.807) is 25.1 Å². The van der Waals surface area contributed by atoms with Crippen molar-refractivity contribution >= 4 is 10.0 Å². The maximum absolute atomic E-state index is 12.3. The van der Waals surface area contributed by atoms with Gasteiger partial charge in [0, 0.05) is 12.1 Å². The predicted octanol–water partition coefficient (Wildman–Crippen LogP) is 2.30. The Kier molecular flexibility index (Phi) is 4.82. The number of benzene rings is 1. The summed E-state index contributed by atoms with van der Waals surface area (Å²) in [6.07, 6.45) is 2.46. The van der Waals surface area contributed by atoms with Crippen LogP contribution in [0, 0.1) is 13.8 Å². The molecule has 0 aliphatic heterocycles. The van der Waals surface area contributed by atoms with Gasteiger partial charge in [-0.05, 0) is 43.5 Å². The van der Waals surface area contributed by atoms with Crippen molar-refractivity contribution in [2.75, 3.05) is 6.54 Å². The smallest absolute Gasteiger partial charge is 0.240 e. The molecule has 1 heterocycles. The van der Waals surface area contributed by atoms with E-state index in [9.17, 15) is 13.5 Å². The molecule has 0 radical (unpaired) electrons. The molecule has 0 saturated heterocycles. The highest BCUT2D eigenvalue weighted by atomic mass is 32.2. The lowest BCUT2D eigenvalue weighted by atomic mass is 10.1. The Morgan fingerprint density at radius 1 is 1.29 bits per heavy atom. The number of hydrogen-bond donors (Lipinski definition) is 2. The molecule has 0 aliphatic rings. The number of furan rings is 1. The monoisotopic (exact) mass is 309 g/mol. The average Bonchev–Trinajstić information content (AvgIpc) is 2.95. The summed E-state index contributed by atoms with van der Waals surface area (Å²) in [5.74, 6) is 0. The highest BCUT2D eigenvalue weighted by Crippen LogP contribution is 2.18. The molecule has 0 saturated carbocycles. The van der Waals surface area contributed by atoms with Gasteiger partial charge in [-0.2, -0.15) is 0 Å². The maximum atomic E-state index is 12.3. The first-order valence-corrected chi connectivity index (χ1v) is 8.15. The summed E-state index contributed by atoms with van der Waals surface area (Å²) in [5.41, 5.74) is 2.23. The van der Waals surface area contributed by atoms with E-state index in [4.69, 9.17) is 4.42 Å². The minimum atomic E-state index is -3.56. The minimum absolute atomic E-state index is 0.155. The Hall–Kier alpha value is -1.63. The van der Waals surface area contributed by atoms with E-state index in [2.05, 4.69) is 4.72 Å². The van der Waals surface area contributed by atoms with Crippen molar-refractivity contribution in [3.63, 3.8) is 0 Å². The second-order valence-electron chi connectivity index (χ2n) is 5.03. The van der Waals surface area contributed by atoms with E-state index >= 15 is 0 Å². The topological polar surface area (TPSA) is 79.5 Å². The average molecular weight is 309 g/mol. The van der Waals surface area contributed by atoms with Crippen molar-refractivity contribution < 1.29 is 17.9 Å². The molecule has 0 spiro atoms. The molecule has 0 fully saturated rings. The molecule has 1 atom stereocenters. The second-order valence-corrected chi connectivity index (χ2v) is 6.76. The zero-order valence-electron chi connectivity index (χ0n) is 12.0. The Labute approximate surface area is 124 Å². The molecule has 1 aromatic carbocycles. The van der Waals surface area contributed by atoms with Crippen LogP contribution in [0.3, 0.4) is 0 Å². The van der Waals surface area contributed by atoms with Crippen LogP contribution in [-0.2, 0) is 10.0 Å². The van der Waals surface area contributed by atoms with Gasteiger partial charge in [-0.25, -0.2) is 13.1 Å². The standard InChI is InChI=1S/C15H19NO4S/c1-11-3-4-12(2)15(9-11)21(18,19)16-7-5-14(17)13-6-8-20-10-13/h3-4,6,8-10,14,16-17H,5,7H2,1-2H3. The number of sulfonamides is 1. The van der Waals surface area contributed by atoms with E-state index in [1.165, 1.54) is 12.5 Å². The highest BCUT2D eigenvalue weighted by molar-refractivity contribution is 7.89. The van der Waals surface area contributed by atoms with Crippen LogP contribution in [0.5, 0.6) is 0 Å². The van der Waals surface area contributed by atoms with Crippen LogP contribution in [0.15, 0.2) is 46.1 Å². The molecule has 5 nitrogen and oxygen atoms in total. The van der Waals surface area contributed by atoms with Crippen LogP contribution in [0.4, 0.5) is 0 Å². The molecule has 2 aromatic rings. The fraction of sp³-hybridized carbons (Fsp3) is 0.333. The number of aryl methyl sites for hydroxylation is 2. The van der Waals surface area contributed by atoms with E-state index in [-0.39, 0.29) is 17.9 Å². The molecule has 1 aromatic heterocycles. The Morgan fingerprint density at radius 2 is 2.05 bits per heavy atom. The molecule has 6 heteroatoms. The van der Waals surface area contributed by atoms with Crippen LogP contribution in [0.2, 0.25) is 0 Å². The zero-order valence-corrected chi connectivity index (χ0v) is 12.9. The van der Waals surface area contributed by atoms with E-state index in [0.29, 0.717) is 11.1 Å². The predicted molar refractivity (Wildman–Crippen MR) is 79.4 cm³/mol. The Balaban J connectivity index is 2.00. The maximum Gasteiger partial charge on any atom is 0.240 e. The van der Waals surface area contributed by atoms with Crippen molar-refractivity contribution in [3.8, 4) is 0 Å². The van der Waals surface area contributed by atoms with Crippen molar-refractivity contribution in [3.05, 3.63) is 53.5 Å². The zero-order chi connectivity index (χ0) is 15.5. The summed E-state index contributed by atoms with van der Waals surface area (Å²) in [7, 11) is -3.56. The van der Waals surface area contributed by atoms with Crippen LogP contribution in [-0.4, -0.2) is 20.1 Å². The van der Waals surface area contributed by atoms with E-state index < -0.39 is 16.1 Å². The fourth-order valence-corrected chi connectivity index (χ4v) is 3.41. The van der Waals surface area contributed by atoms with Gasteiger partial charge in [-0.3, -0.25) is 0 Å². The summed E-state index contributed by atoms with van der Waals surface area (Å²) < 4.78 is 31.9. The molecule has 0 amide bonds. The van der Waals surface area contributed by atoms with Crippen LogP contribution < -0.4 is 4.72 Å². The van der Waals surface area contributed by atoms with Crippen LogP contribution in [0.25, 0.3) is 0 Å². The quantitative estimate of drug-likeness (QED) is 0.858. The van der Waals surface area contributed by atoms with Gasteiger partial charge in [-0.15, -0.1) is 0 Å². The van der Waals surface area contributed by atoms with Gasteiger partial charge in [0.25, 0.3) is 0 Å². The molecular formula is C15H19NO4S. The van der Waals surface area contributed by atoms with Gasteiger partial charge in [0.15, 0.2) is 0 Å². The first kappa shape index (κ1) is 15.8.